The number of hydrazone groups is 1. The number of pyridine rings is 1. The number of nitro benzene ring substituents is 1. The lowest BCUT2D eigenvalue weighted by atomic mass is 9.91. The van der Waals surface area contributed by atoms with Crippen LogP contribution >= 0.6 is 15.9 Å². The number of halogens is 1. The van der Waals surface area contributed by atoms with Gasteiger partial charge in [-0.2, -0.15) is 5.10 Å². The Kier molecular flexibility index (Phi) is 5.07. The van der Waals surface area contributed by atoms with Gasteiger partial charge in [0.15, 0.2) is 0 Å². The predicted octanol–water partition coefficient (Wildman–Crippen LogP) is 5.30. The second kappa shape index (κ2) is 8.05. The zero-order valence-electron chi connectivity index (χ0n) is 16.7. The molecule has 0 saturated heterocycles. The number of hydrogen-bond acceptors (Lipinski definition) is 5. The molecule has 2 N–H and O–H groups in total. The van der Waals surface area contributed by atoms with Crippen molar-refractivity contribution >= 4 is 38.2 Å². The van der Waals surface area contributed by atoms with E-state index in [1.165, 1.54) is 12.1 Å². The van der Waals surface area contributed by atoms with Crippen LogP contribution in [0, 0.1) is 10.1 Å². The van der Waals surface area contributed by atoms with E-state index in [0.717, 1.165) is 32.1 Å². The van der Waals surface area contributed by atoms with Crippen LogP contribution < -0.4 is 11.0 Å². The molecule has 0 amide bonds. The van der Waals surface area contributed by atoms with Crippen molar-refractivity contribution in [1.29, 1.82) is 0 Å². The highest BCUT2D eigenvalue weighted by Gasteiger charge is 2.27. The molecule has 1 aliphatic heterocycles. The Labute approximate surface area is 191 Å². The van der Waals surface area contributed by atoms with Crippen molar-refractivity contribution in [3.8, 4) is 11.1 Å². The summed E-state index contributed by atoms with van der Waals surface area (Å²) in [6.45, 7) is 0. The van der Waals surface area contributed by atoms with Crippen LogP contribution in [0.4, 0.5) is 5.69 Å². The highest BCUT2D eigenvalue weighted by molar-refractivity contribution is 9.10. The fourth-order valence-electron chi connectivity index (χ4n) is 4.09. The normalized spacial score (nSPS) is 15.4. The third kappa shape index (κ3) is 3.58. The first-order valence-corrected chi connectivity index (χ1v) is 10.8. The molecule has 32 heavy (non-hydrogen) atoms. The molecule has 2 heterocycles. The number of nitrogens with zero attached hydrogens (tertiary/aromatic N) is 2. The van der Waals surface area contributed by atoms with Crippen molar-refractivity contribution in [2.24, 2.45) is 5.10 Å². The van der Waals surface area contributed by atoms with Gasteiger partial charge in [0.05, 0.1) is 22.2 Å². The molecule has 0 radical (unpaired) electrons. The van der Waals surface area contributed by atoms with Crippen LogP contribution in [0.5, 0.6) is 0 Å². The van der Waals surface area contributed by atoms with Crippen LogP contribution in [0.2, 0.25) is 0 Å². The molecule has 7 nitrogen and oxygen atoms in total. The Balaban J connectivity index is 1.64. The van der Waals surface area contributed by atoms with Crippen LogP contribution in [0.15, 0.2) is 87.2 Å². The van der Waals surface area contributed by atoms with E-state index < -0.39 is 4.92 Å². The van der Waals surface area contributed by atoms with E-state index in [4.69, 9.17) is 0 Å². The van der Waals surface area contributed by atoms with E-state index >= 15 is 0 Å². The van der Waals surface area contributed by atoms with Crippen LogP contribution in [0.25, 0.3) is 22.0 Å². The minimum absolute atomic E-state index is 0.0242. The number of non-ortho nitro benzene ring substituents is 1. The zero-order chi connectivity index (χ0) is 22.2. The standard InChI is InChI=1S/C24H17BrN4O3/c25-16-9-10-19-18(12-16)22(14-5-2-1-3-6-14)23(24(30)26-19)21-13-20(27-28-21)15-7-4-8-17(11-15)29(31)32/h1-12,20,27H,13H2,(H,26,30). The summed E-state index contributed by atoms with van der Waals surface area (Å²) in [5.74, 6) is 0. The summed E-state index contributed by atoms with van der Waals surface area (Å²) < 4.78 is 0.904. The molecule has 0 fully saturated rings. The van der Waals surface area contributed by atoms with Gasteiger partial charge in [-0.3, -0.25) is 14.9 Å². The summed E-state index contributed by atoms with van der Waals surface area (Å²) in [7, 11) is 0. The molecule has 0 saturated carbocycles. The van der Waals surface area contributed by atoms with Crippen molar-refractivity contribution < 1.29 is 4.92 Å². The molecule has 158 valence electrons. The first-order chi connectivity index (χ1) is 15.5. The fraction of sp³-hybridized carbons (Fsp3) is 0.0833. The highest BCUT2D eigenvalue weighted by atomic mass is 79.9. The molecule has 1 atom stereocenters. The smallest absolute Gasteiger partial charge is 0.269 e. The molecule has 8 heteroatoms. The molecule has 1 aliphatic rings. The number of nitrogens with one attached hydrogen (secondary N) is 2. The molecular formula is C24H17BrN4O3. The Bertz CT molecular complexity index is 1450. The monoisotopic (exact) mass is 488 g/mol. The Hall–Kier alpha value is -3.78. The predicted molar refractivity (Wildman–Crippen MR) is 128 cm³/mol. The number of nitro groups is 1. The Morgan fingerprint density at radius 1 is 1.00 bits per heavy atom. The third-order valence-corrected chi connectivity index (χ3v) is 6.06. The molecule has 5 rings (SSSR count). The largest absolute Gasteiger partial charge is 0.321 e. The Morgan fingerprint density at radius 2 is 1.81 bits per heavy atom. The number of hydrogen-bond donors (Lipinski definition) is 2. The van der Waals surface area contributed by atoms with Gasteiger partial charge in [0.1, 0.15) is 0 Å². The molecule has 0 aliphatic carbocycles. The molecular weight excluding hydrogens is 472 g/mol. The Morgan fingerprint density at radius 3 is 2.59 bits per heavy atom. The van der Waals surface area contributed by atoms with E-state index in [9.17, 15) is 14.9 Å². The highest BCUT2D eigenvalue weighted by Crippen LogP contribution is 2.34. The summed E-state index contributed by atoms with van der Waals surface area (Å²) >= 11 is 3.53. The summed E-state index contributed by atoms with van der Waals surface area (Å²) in [5, 5.41) is 16.5. The van der Waals surface area contributed by atoms with Crippen molar-refractivity contribution in [2.75, 3.05) is 0 Å². The van der Waals surface area contributed by atoms with E-state index in [2.05, 4.69) is 31.4 Å². The quantitative estimate of drug-likeness (QED) is 0.300. The van der Waals surface area contributed by atoms with Gasteiger partial charge >= 0.3 is 0 Å². The average Bonchev–Trinajstić information content (AvgIpc) is 3.29. The average molecular weight is 489 g/mol. The molecule has 3 aromatic carbocycles. The van der Waals surface area contributed by atoms with Gasteiger partial charge in [-0.25, -0.2) is 0 Å². The maximum Gasteiger partial charge on any atom is 0.269 e. The summed E-state index contributed by atoms with van der Waals surface area (Å²) in [6, 6.07) is 21.7. The maximum atomic E-state index is 13.2. The number of benzene rings is 3. The SMILES string of the molecule is O=c1[nH]c2ccc(Br)cc2c(-c2ccccc2)c1C1=NNC(c2cccc([N+](=O)[O-])c2)C1. The molecule has 4 aromatic rings. The van der Waals surface area contributed by atoms with Crippen LogP contribution in [0.3, 0.4) is 0 Å². The second-order valence-corrected chi connectivity index (χ2v) is 8.47. The number of aromatic amines is 1. The maximum absolute atomic E-state index is 13.2. The fourth-order valence-corrected chi connectivity index (χ4v) is 4.45. The van der Waals surface area contributed by atoms with Gasteiger partial charge in [0, 0.05) is 39.5 Å². The van der Waals surface area contributed by atoms with Gasteiger partial charge in [-0.15, -0.1) is 0 Å². The number of fused-ring (bicyclic) bond motifs is 1. The minimum atomic E-state index is -0.417. The van der Waals surface area contributed by atoms with Gasteiger partial charge in [0.25, 0.3) is 11.2 Å². The van der Waals surface area contributed by atoms with Crippen LogP contribution in [-0.4, -0.2) is 15.6 Å². The van der Waals surface area contributed by atoms with Crippen molar-refractivity contribution in [3.63, 3.8) is 0 Å². The first-order valence-electron chi connectivity index (χ1n) is 9.99. The topological polar surface area (TPSA) is 100 Å². The van der Waals surface area contributed by atoms with Crippen molar-refractivity contribution in [3.05, 3.63) is 109 Å². The summed E-state index contributed by atoms with van der Waals surface area (Å²) in [5.41, 5.74) is 7.19. The minimum Gasteiger partial charge on any atom is -0.321 e. The van der Waals surface area contributed by atoms with Gasteiger partial charge in [-0.1, -0.05) is 58.4 Å². The van der Waals surface area contributed by atoms with Crippen LogP contribution in [0.1, 0.15) is 23.6 Å². The number of H-pyrrole nitrogens is 1. The lowest BCUT2D eigenvalue weighted by molar-refractivity contribution is -0.384. The van der Waals surface area contributed by atoms with Crippen molar-refractivity contribution in [1.82, 2.24) is 10.4 Å². The van der Waals surface area contributed by atoms with E-state index in [1.54, 1.807) is 6.07 Å². The number of rotatable bonds is 4. The van der Waals surface area contributed by atoms with Gasteiger partial charge in [0.2, 0.25) is 0 Å². The van der Waals surface area contributed by atoms with E-state index in [0.29, 0.717) is 17.7 Å². The first kappa shape index (κ1) is 20.1. The molecule has 0 spiro atoms. The summed E-state index contributed by atoms with van der Waals surface area (Å²) in [6.07, 6.45) is 0.434. The molecule has 0 bridgehead atoms. The second-order valence-electron chi connectivity index (χ2n) is 7.56. The number of aromatic nitrogens is 1. The molecule has 1 unspecified atom stereocenters. The van der Waals surface area contributed by atoms with Crippen LogP contribution in [-0.2, 0) is 0 Å². The summed E-state index contributed by atoms with van der Waals surface area (Å²) in [4.78, 5) is 26.9. The van der Waals surface area contributed by atoms with E-state index in [1.807, 2.05) is 54.6 Å². The zero-order valence-corrected chi connectivity index (χ0v) is 18.3. The van der Waals surface area contributed by atoms with E-state index in [-0.39, 0.29) is 17.3 Å². The molecule has 1 aromatic heterocycles. The third-order valence-electron chi connectivity index (χ3n) is 5.56. The van der Waals surface area contributed by atoms with Crippen molar-refractivity contribution in [2.45, 2.75) is 12.5 Å². The lowest BCUT2D eigenvalue weighted by Crippen LogP contribution is -2.20. The van der Waals surface area contributed by atoms with Gasteiger partial charge < -0.3 is 10.4 Å². The lowest BCUT2D eigenvalue weighted by Gasteiger charge is -2.14. The van der Waals surface area contributed by atoms with Gasteiger partial charge in [-0.05, 0) is 29.3 Å².